The molecule has 0 bridgehead atoms. The standard InChI is InChI=1S/C9H7F2NO2/c1-6(12(13)14)5-7-8(10)3-2-4-9(7)11/h2-5H,1H3/b6-5-. The minimum absolute atomic E-state index is 0.311. The molecule has 0 aliphatic rings. The predicted molar refractivity (Wildman–Crippen MR) is 47.0 cm³/mol. The Balaban J connectivity index is 3.20. The third-order valence-corrected chi connectivity index (χ3v) is 1.64. The summed E-state index contributed by atoms with van der Waals surface area (Å²) in [5.41, 5.74) is -0.698. The number of nitro groups is 1. The fraction of sp³-hybridized carbons (Fsp3) is 0.111. The Morgan fingerprint density at radius 1 is 1.43 bits per heavy atom. The zero-order valence-corrected chi connectivity index (χ0v) is 7.33. The zero-order chi connectivity index (χ0) is 10.7. The molecule has 14 heavy (non-hydrogen) atoms. The Hall–Kier alpha value is -1.78. The Morgan fingerprint density at radius 3 is 2.36 bits per heavy atom. The minimum atomic E-state index is -0.814. The Morgan fingerprint density at radius 2 is 1.93 bits per heavy atom. The van der Waals surface area contributed by atoms with E-state index in [-0.39, 0.29) is 11.3 Å². The number of hydrogen-bond acceptors (Lipinski definition) is 2. The summed E-state index contributed by atoms with van der Waals surface area (Å²) in [6.07, 6.45) is 0.866. The normalized spacial score (nSPS) is 11.5. The summed E-state index contributed by atoms with van der Waals surface area (Å²) in [7, 11) is 0. The summed E-state index contributed by atoms with van der Waals surface area (Å²) >= 11 is 0. The highest BCUT2D eigenvalue weighted by Crippen LogP contribution is 2.15. The van der Waals surface area contributed by atoms with Crippen molar-refractivity contribution in [3.8, 4) is 0 Å². The molecule has 0 N–H and O–H groups in total. The van der Waals surface area contributed by atoms with E-state index in [0.29, 0.717) is 0 Å². The monoisotopic (exact) mass is 199 g/mol. The lowest BCUT2D eigenvalue weighted by Gasteiger charge is -1.97. The molecule has 0 fully saturated rings. The Labute approximate surface area is 78.8 Å². The van der Waals surface area contributed by atoms with Crippen molar-refractivity contribution in [2.75, 3.05) is 0 Å². The number of rotatable bonds is 2. The first-order chi connectivity index (χ1) is 6.52. The van der Waals surface area contributed by atoms with E-state index >= 15 is 0 Å². The van der Waals surface area contributed by atoms with Crippen molar-refractivity contribution in [1.82, 2.24) is 0 Å². The molecule has 1 aromatic carbocycles. The summed E-state index contributed by atoms with van der Waals surface area (Å²) in [5.74, 6) is -1.63. The number of halogens is 2. The smallest absolute Gasteiger partial charge is 0.244 e. The molecule has 0 saturated carbocycles. The first kappa shape index (κ1) is 10.3. The van der Waals surface area contributed by atoms with Crippen LogP contribution in [-0.4, -0.2) is 4.92 Å². The zero-order valence-electron chi connectivity index (χ0n) is 7.33. The van der Waals surface area contributed by atoms with Gasteiger partial charge < -0.3 is 0 Å². The van der Waals surface area contributed by atoms with E-state index in [1.54, 1.807) is 0 Å². The van der Waals surface area contributed by atoms with Gasteiger partial charge in [0.05, 0.1) is 10.5 Å². The first-order valence-corrected chi connectivity index (χ1v) is 3.79. The average Bonchev–Trinajstić information content (AvgIpc) is 2.11. The third kappa shape index (κ3) is 2.12. The van der Waals surface area contributed by atoms with Crippen LogP contribution in [0.2, 0.25) is 0 Å². The molecular formula is C9H7F2NO2. The van der Waals surface area contributed by atoms with Crippen LogP contribution in [0.15, 0.2) is 23.9 Å². The van der Waals surface area contributed by atoms with E-state index in [1.807, 2.05) is 0 Å². The predicted octanol–water partition coefficient (Wildman–Crippen LogP) is 2.60. The van der Waals surface area contributed by atoms with Crippen LogP contribution in [0.5, 0.6) is 0 Å². The molecule has 0 amide bonds. The van der Waals surface area contributed by atoms with Crippen LogP contribution >= 0.6 is 0 Å². The maximum atomic E-state index is 13.0. The highest BCUT2D eigenvalue weighted by molar-refractivity contribution is 5.51. The SMILES string of the molecule is C/C(=C/c1c(F)cccc1F)[N+](=O)[O-]. The molecule has 3 nitrogen and oxygen atoms in total. The molecule has 74 valence electrons. The van der Waals surface area contributed by atoms with Crippen molar-refractivity contribution in [1.29, 1.82) is 0 Å². The molecule has 0 aromatic heterocycles. The average molecular weight is 199 g/mol. The molecule has 0 radical (unpaired) electrons. The second-order valence-electron chi connectivity index (χ2n) is 2.68. The van der Waals surface area contributed by atoms with Crippen LogP contribution in [-0.2, 0) is 0 Å². The summed E-state index contributed by atoms with van der Waals surface area (Å²) in [4.78, 5) is 9.52. The third-order valence-electron chi connectivity index (χ3n) is 1.64. The summed E-state index contributed by atoms with van der Waals surface area (Å²) in [5, 5.41) is 10.2. The van der Waals surface area contributed by atoms with Crippen molar-refractivity contribution in [2.45, 2.75) is 6.92 Å². The quantitative estimate of drug-likeness (QED) is 0.542. The molecule has 1 rings (SSSR count). The van der Waals surface area contributed by atoms with Crippen molar-refractivity contribution >= 4 is 6.08 Å². The second kappa shape index (κ2) is 3.95. The van der Waals surface area contributed by atoms with Crippen molar-refractivity contribution in [3.63, 3.8) is 0 Å². The molecule has 0 saturated heterocycles. The molecule has 0 heterocycles. The Bertz CT molecular complexity index is 382. The molecule has 0 aliphatic heterocycles. The van der Waals surface area contributed by atoms with Crippen LogP contribution in [0, 0.1) is 21.7 Å². The van der Waals surface area contributed by atoms with Gasteiger partial charge in [0.15, 0.2) is 0 Å². The number of hydrogen-bond donors (Lipinski definition) is 0. The lowest BCUT2D eigenvalue weighted by atomic mass is 10.1. The highest BCUT2D eigenvalue weighted by atomic mass is 19.1. The first-order valence-electron chi connectivity index (χ1n) is 3.79. The van der Waals surface area contributed by atoms with Crippen LogP contribution in [0.3, 0.4) is 0 Å². The maximum Gasteiger partial charge on any atom is 0.244 e. The Kier molecular flexibility index (Phi) is 2.91. The molecule has 0 aliphatic carbocycles. The molecule has 1 aromatic rings. The minimum Gasteiger partial charge on any atom is -0.259 e. The summed E-state index contributed by atoms with van der Waals surface area (Å²) in [6, 6.07) is 3.29. The highest BCUT2D eigenvalue weighted by Gasteiger charge is 2.09. The molecule has 0 atom stereocenters. The fourth-order valence-electron chi connectivity index (χ4n) is 0.910. The van der Waals surface area contributed by atoms with Gasteiger partial charge in [-0.1, -0.05) is 6.07 Å². The van der Waals surface area contributed by atoms with Crippen molar-refractivity contribution in [2.24, 2.45) is 0 Å². The second-order valence-corrected chi connectivity index (χ2v) is 2.68. The number of allylic oxidation sites excluding steroid dienone is 1. The fourth-order valence-corrected chi connectivity index (χ4v) is 0.910. The topological polar surface area (TPSA) is 43.1 Å². The van der Waals surface area contributed by atoms with E-state index in [4.69, 9.17) is 0 Å². The van der Waals surface area contributed by atoms with Gasteiger partial charge >= 0.3 is 0 Å². The van der Waals surface area contributed by atoms with Crippen LogP contribution in [0.4, 0.5) is 8.78 Å². The molecular weight excluding hydrogens is 192 g/mol. The van der Waals surface area contributed by atoms with Crippen molar-refractivity contribution in [3.05, 3.63) is 51.2 Å². The number of benzene rings is 1. The van der Waals surface area contributed by atoms with Crippen LogP contribution in [0.25, 0.3) is 6.08 Å². The van der Waals surface area contributed by atoms with Gasteiger partial charge in [-0.3, -0.25) is 10.1 Å². The lowest BCUT2D eigenvalue weighted by Crippen LogP contribution is -1.95. The van der Waals surface area contributed by atoms with E-state index in [0.717, 1.165) is 18.2 Å². The van der Waals surface area contributed by atoms with Gasteiger partial charge in [-0.25, -0.2) is 8.78 Å². The summed E-state index contributed by atoms with van der Waals surface area (Å²) in [6.45, 7) is 1.17. The van der Waals surface area contributed by atoms with E-state index < -0.39 is 16.6 Å². The maximum absolute atomic E-state index is 13.0. The van der Waals surface area contributed by atoms with Gasteiger partial charge in [0.1, 0.15) is 11.6 Å². The van der Waals surface area contributed by atoms with E-state index in [1.165, 1.54) is 13.0 Å². The van der Waals surface area contributed by atoms with Gasteiger partial charge in [0.25, 0.3) is 0 Å². The van der Waals surface area contributed by atoms with Gasteiger partial charge in [0.2, 0.25) is 5.70 Å². The summed E-state index contributed by atoms with van der Waals surface area (Å²) < 4.78 is 25.9. The van der Waals surface area contributed by atoms with Gasteiger partial charge in [-0.05, 0) is 12.1 Å². The van der Waals surface area contributed by atoms with Gasteiger partial charge in [-0.15, -0.1) is 0 Å². The lowest BCUT2D eigenvalue weighted by molar-refractivity contribution is -0.422. The van der Waals surface area contributed by atoms with Crippen molar-refractivity contribution < 1.29 is 13.7 Å². The molecule has 0 spiro atoms. The largest absolute Gasteiger partial charge is 0.259 e. The number of nitrogens with zero attached hydrogens (tertiary/aromatic N) is 1. The molecule has 0 unspecified atom stereocenters. The van der Waals surface area contributed by atoms with Crippen LogP contribution < -0.4 is 0 Å². The molecule has 5 heteroatoms. The van der Waals surface area contributed by atoms with Gasteiger partial charge in [0, 0.05) is 13.0 Å². The van der Waals surface area contributed by atoms with Gasteiger partial charge in [-0.2, -0.15) is 0 Å². The van der Waals surface area contributed by atoms with E-state index in [9.17, 15) is 18.9 Å². The van der Waals surface area contributed by atoms with Crippen LogP contribution in [0.1, 0.15) is 12.5 Å². The van der Waals surface area contributed by atoms with E-state index in [2.05, 4.69) is 0 Å².